The molecule has 0 radical (unpaired) electrons. The molecule has 8 heteroatoms. The van der Waals surface area contributed by atoms with E-state index in [1.165, 1.54) is 0 Å². The minimum atomic E-state index is -3.22. The summed E-state index contributed by atoms with van der Waals surface area (Å²) in [7, 11) is -3.22. The number of rotatable bonds is 8. The Balaban J connectivity index is 1.43. The summed E-state index contributed by atoms with van der Waals surface area (Å²) in [6.07, 6.45) is 1.53. The molecule has 0 saturated carbocycles. The van der Waals surface area contributed by atoms with Gasteiger partial charge in [0.1, 0.15) is 5.01 Å². The van der Waals surface area contributed by atoms with Gasteiger partial charge in [-0.25, -0.2) is 18.1 Å². The van der Waals surface area contributed by atoms with Crippen LogP contribution in [0.15, 0.2) is 47.8 Å². The van der Waals surface area contributed by atoms with Crippen LogP contribution in [0.25, 0.3) is 21.8 Å². The van der Waals surface area contributed by atoms with E-state index < -0.39 is 10.0 Å². The minimum Gasteiger partial charge on any atom is -0.454 e. The van der Waals surface area contributed by atoms with Crippen LogP contribution in [0.4, 0.5) is 0 Å². The molecule has 2 heterocycles. The minimum absolute atomic E-state index is 0.170. The van der Waals surface area contributed by atoms with Gasteiger partial charge in [-0.2, -0.15) is 0 Å². The molecule has 4 rings (SSSR count). The Morgan fingerprint density at radius 3 is 2.62 bits per heavy atom. The number of aromatic nitrogens is 1. The first-order valence-electron chi connectivity index (χ1n) is 9.46. The lowest BCUT2D eigenvalue weighted by atomic mass is 10.1. The molecule has 0 spiro atoms. The average Bonchev–Trinajstić information content (AvgIpc) is 3.40. The number of ether oxygens (including phenoxy) is 2. The molecule has 29 heavy (non-hydrogen) atoms. The number of nitrogens with one attached hydrogen (secondary N) is 1. The van der Waals surface area contributed by atoms with Gasteiger partial charge in [0, 0.05) is 23.1 Å². The second-order valence-corrected chi connectivity index (χ2v) is 9.58. The van der Waals surface area contributed by atoms with Crippen LogP contribution in [-0.4, -0.2) is 25.9 Å². The Bertz CT molecular complexity index is 1090. The number of sulfonamides is 1. The van der Waals surface area contributed by atoms with Gasteiger partial charge in [0.15, 0.2) is 11.5 Å². The summed E-state index contributed by atoms with van der Waals surface area (Å²) in [5.41, 5.74) is 3.78. The molecule has 0 fully saturated rings. The lowest BCUT2D eigenvalue weighted by Crippen LogP contribution is -2.25. The van der Waals surface area contributed by atoms with E-state index in [2.05, 4.69) is 4.72 Å². The second kappa shape index (κ2) is 8.52. The van der Waals surface area contributed by atoms with Crippen LogP contribution in [0.2, 0.25) is 0 Å². The lowest BCUT2D eigenvalue weighted by molar-refractivity contribution is 0.174. The topological polar surface area (TPSA) is 77.5 Å². The second-order valence-electron chi connectivity index (χ2n) is 6.80. The first kappa shape index (κ1) is 19.9. The quantitative estimate of drug-likeness (QED) is 0.572. The van der Waals surface area contributed by atoms with Gasteiger partial charge in [0.05, 0.1) is 11.4 Å². The van der Waals surface area contributed by atoms with Gasteiger partial charge in [-0.15, -0.1) is 11.3 Å². The van der Waals surface area contributed by atoms with Crippen LogP contribution >= 0.6 is 11.3 Å². The van der Waals surface area contributed by atoms with E-state index in [9.17, 15) is 8.42 Å². The zero-order valence-corrected chi connectivity index (χ0v) is 17.7. The monoisotopic (exact) mass is 430 g/mol. The fraction of sp³-hybridized carbons (Fsp3) is 0.286. The summed E-state index contributed by atoms with van der Waals surface area (Å²) in [6.45, 7) is 2.53. The first-order chi connectivity index (χ1) is 14.0. The summed E-state index contributed by atoms with van der Waals surface area (Å²) < 4.78 is 37.3. The maximum absolute atomic E-state index is 11.9. The Morgan fingerprint density at radius 1 is 1.07 bits per heavy atom. The standard InChI is InChI=1S/C21H22N2O4S2/c1-2-3-10-29(24,25)22-12-15-4-6-16(7-5-15)21-23-18(13-28-21)17-8-9-19-20(11-17)27-14-26-19/h4-9,11,13,22H,2-3,10,12,14H2,1H3. The highest BCUT2D eigenvalue weighted by Crippen LogP contribution is 2.37. The fourth-order valence-electron chi connectivity index (χ4n) is 2.96. The van der Waals surface area contributed by atoms with Crippen molar-refractivity contribution in [2.24, 2.45) is 0 Å². The predicted molar refractivity (Wildman–Crippen MR) is 115 cm³/mol. The maximum Gasteiger partial charge on any atom is 0.231 e. The third-order valence-electron chi connectivity index (χ3n) is 4.64. The lowest BCUT2D eigenvalue weighted by Gasteiger charge is -2.06. The van der Waals surface area contributed by atoms with E-state index in [0.717, 1.165) is 45.3 Å². The van der Waals surface area contributed by atoms with E-state index in [1.54, 1.807) is 11.3 Å². The van der Waals surface area contributed by atoms with Crippen molar-refractivity contribution < 1.29 is 17.9 Å². The number of benzene rings is 2. The normalized spacial score (nSPS) is 13.0. The first-order valence-corrected chi connectivity index (χ1v) is 12.0. The van der Waals surface area contributed by atoms with Crippen molar-refractivity contribution in [3.8, 4) is 33.3 Å². The van der Waals surface area contributed by atoms with E-state index in [0.29, 0.717) is 13.0 Å². The number of nitrogens with zero attached hydrogens (tertiary/aromatic N) is 1. The van der Waals surface area contributed by atoms with Crippen LogP contribution in [0.5, 0.6) is 11.5 Å². The molecule has 1 aliphatic rings. The smallest absolute Gasteiger partial charge is 0.231 e. The molecule has 0 saturated heterocycles. The van der Waals surface area contributed by atoms with E-state index in [-0.39, 0.29) is 12.5 Å². The highest BCUT2D eigenvalue weighted by atomic mass is 32.2. The van der Waals surface area contributed by atoms with E-state index in [4.69, 9.17) is 14.5 Å². The number of hydrogen-bond donors (Lipinski definition) is 1. The molecule has 2 aromatic carbocycles. The van der Waals surface area contributed by atoms with Crippen molar-refractivity contribution in [2.45, 2.75) is 26.3 Å². The highest BCUT2D eigenvalue weighted by Gasteiger charge is 2.15. The molecule has 1 aromatic heterocycles. The SMILES string of the molecule is CCCCS(=O)(=O)NCc1ccc(-c2nc(-c3ccc4c(c3)OCO4)cs2)cc1. The van der Waals surface area contributed by atoms with Crippen molar-refractivity contribution in [3.05, 3.63) is 53.4 Å². The Labute approximate surface area is 174 Å². The Kier molecular flexibility index (Phi) is 5.84. The maximum atomic E-state index is 11.9. The summed E-state index contributed by atoms with van der Waals surface area (Å²) in [5, 5.41) is 2.93. The largest absolute Gasteiger partial charge is 0.454 e. The van der Waals surface area contributed by atoms with Crippen LogP contribution in [0, 0.1) is 0 Å². The highest BCUT2D eigenvalue weighted by molar-refractivity contribution is 7.89. The van der Waals surface area contributed by atoms with Gasteiger partial charge >= 0.3 is 0 Å². The van der Waals surface area contributed by atoms with Gasteiger partial charge in [0.2, 0.25) is 16.8 Å². The van der Waals surface area contributed by atoms with Crippen molar-refractivity contribution in [2.75, 3.05) is 12.5 Å². The van der Waals surface area contributed by atoms with Gasteiger partial charge in [0.25, 0.3) is 0 Å². The zero-order chi connectivity index (χ0) is 20.3. The number of fused-ring (bicyclic) bond motifs is 1. The van der Waals surface area contributed by atoms with Crippen molar-refractivity contribution in [1.82, 2.24) is 9.71 Å². The van der Waals surface area contributed by atoms with Crippen LogP contribution in [-0.2, 0) is 16.6 Å². The fourth-order valence-corrected chi connectivity index (χ4v) is 4.99. The van der Waals surface area contributed by atoms with Crippen LogP contribution in [0.3, 0.4) is 0 Å². The molecule has 0 atom stereocenters. The molecule has 0 aliphatic carbocycles. The predicted octanol–water partition coefficient (Wildman–Crippen LogP) is 4.43. The summed E-state index contributed by atoms with van der Waals surface area (Å²) in [4.78, 5) is 4.74. The number of unbranched alkanes of at least 4 members (excludes halogenated alkanes) is 1. The molecule has 0 bridgehead atoms. The Hall–Kier alpha value is -2.42. The summed E-state index contributed by atoms with van der Waals surface area (Å²) in [5.74, 6) is 1.66. The summed E-state index contributed by atoms with van der Waals surface area (Å²) >= 11 is 1.57. The molecular formula is C21H22N2O4S2. The van der Waals surface area contributed by atoms with Gasteiger partial charge < -0.3 is 9.47 Å². The molecule has 0 unspecified atom stereocenters. The molecule has 0 amide bonds. The van der Waals surface area contributed by atoms with Crippen molar-refractivity contribution in [3.63, 3.8) is 0 Å². The molecule has 6 nitrogen and oxygen atoms in total. The number of thiazole rings is 1. The van der Waals surface area contributed by atoms with E-state index >= 15 is 0 Å². The number of hydrogen-bond acceptors (Lipinski definition) is 6. The molecule has 152 valence electrons. The van der Waals surface area contributed by atoms with Gasteiger partial charge in [-0.05, 0) is 30.2 Å². The molecule has 1 aliphatic heterocycles. The zero-order valence-electron chi connectivity index (χ0n) is 16.1. The van der Waals surface area contributed by atoms with Crippen LogP contribution < -0.4 is 14.2 Å². The summed E-state index contributed by atoms with van der Waals surface area (Å²) in [6, 6.07) is 13.6. The third-order valence-corrected chi connectivity index (χ3v) is 6.94. The van der Waals surface area contributed by atoms with E-state index in [1.807, 2.05) is 54.8 Å². The Morgan fingerprint density at radius 2 is 1.83 bits per heavy atom. The van der Waals surface area contributed by atoms with Crippen molar-refractivity contribution in [1.29, 1.82) is 0 Å². The molecular weight excluding hydrogens is 408 g/mol. The van der Waals surface area contributed by atoms with Gasteiger partial charge in [-0.1, -0.05) is 37.6 Å². The third kappa shape index (κ3) is 4.77. The average molecular weight is 431 g/mol. The van der Waals surface area contributed by atoms with Gasteiger partial charge in [-0.3, -0.25) is 0 Å². The van der Waals surface area contributed by atoms with Crippen LogP contribution in [0.1, 0.15) is 25.3 Å². The molecule has 1 N–H and O–H groups in total. The van der Waals surface area contributed by atoms with Crippen molar-refractivity contribution >= 4 is 21.4 Å². The molecule has 3 aromatic rings.